The van der Waals surface area contributed by atoms with Gasteiger partial charge in [0, 0.05) is 29.6 Å². The van der Waals surface area contributed by atoms with Gasteiger partial charge in [-0.15, -0.1) is 0 Å². The van der Waals surface area contributed by atoms with Crippen LogP contribution in [-0.4, -0.2) is 47.9 Å². The Morgan fingerprint density at radius 1 is 1.25 bits per heavy atom. The van der Waals surface area contributed by atoms with Crippen LogP contribution in [0.25, 0.3) is 10.9 Å². The van der Waals surface area contributed by atoms with Crippen molar-refractivity contribution in [3.05, 3.63) is 36.0 Å². The van der Waals surface area contributed by atoms with Crippen LogP contribution in [0, 0.1) is 5.92 Å². The van der Waals surface area contributed by atoms with E-state index in [0.717, 1.165) is 37.9 Å². The number of carbonyl (C=O) groups is 2. The van der Waals surface area contributed by atoms with E-state index in [1.54, 1.807) is 0 Å². The van der Waals surface area contributed by atoms with Crippen molar-refractivity contribution < 1.29 is 9.59 Å². The number of nitrogens with zero attached hydrogens (tertiary/aromatic N) is 1. The van der Waals surface area contributed by atoms with Crippen molar-refractivity contribution >= 4 is 22.7 Å². The van der Waals surface area contributed by atoms with E-state index in [1.165, 1.54) is 10.9 Å². The maximum absolute atomic E-state index is 12.3. The number of carbonyl (C=O) groups excluding carboxylic acids is 2. The average molecular weight is 328 g/mol. The van der Waals surface area contributed by atoms with E-state index in [0.29, 0.717) is 6.54 Å². The number of aromatic amines is 1. The maximum Gasteiger partial charge on any atom is 0.231 e. The number of amides is 2. The van der Waals surface area contributed by atoms with Crippen molar-refractivity contribution in [2.24, 2.45) is 11.7 Å². The summed E-state index contributed by atoms with van der Waals surface area (Å²) in [6, 6.07) is 8.18. The van der Waals surface area contributed by atoms with Crippen LogP contribution in [0.4, 0.5) is 0 Å². The summed E-state index contributed by atoms with van der Waals surface area (Å²) >= 11 is 0. The largest absolute Gasteiger partial charge is 0.369 e. The Kier molecular flexibility index (Phi) is 5.15. The molecule has 128 valence electrons. The van der Waals surface area contributed by atoms with E-state index in [4.69, 9.17) is 5.73 Å². The number of para-hydroxylation sites is 1. The number of likely N-dealkylation sites (tertiary alicyclic amines) is 1. The molecule has 0 bridgehead atoms. The Balaban J connectivity index is 1.44. The molecule has 0 unspecified atom stereocenters. The van der Waals surface area contributed by atoms with Crippen LogP contribution in [0.15, 0.2) is 30.5 Å². The third-order valence-electron chi connectivity index (χ3n) is 4.71. The summed E-state index contributed by atoms with van der Waals surface area (Å²) < 4.78 is 0. The number of rotatable bonds is 6. The lowest BCUT2D eigenvalue weighted by Crippen LogP contribution is -2.43. The first-order chi connectivity index (χ1) is 11.6. The van der Waals surface area contributed by atoms with Gasteiger partial charge in [-0.1, -0.05) is 18.2 Å². The van der Waals surface area contributed by atoms with Gasteiger partial charge in [-0.3, -0.25) is 14.5 Å². The van der Waals surface area contributed by atoms with E-state index >= 15 is 0 Å². The number of benzene rings is 1. The first kappa shape index (κ1) is 16.5. The number of primary amides is 1. The van der Waals surface area contributed by atoms with Gasteiger partial charge in [-0.05, 0) is 44.0 Å². The number of aromatic nitrogens is 1. The summed E-state index contributed by atoms with van der Waals surface area (Å²) in [5, 5.41) is 4.26. The van der Waals surface area contributed by atoms with Gasteiger partial charge < -0.3 is 16.0 Å². The van der Waals surface area contributed by atoms with Crippen molar-refractivity contribution in [1.82, 2.24) is 15.2 Å². The molecule has 0 spiro atoms. The second-order valence-corrected chi connectivity index (χ2v) is 6.42. The minimum absolute atomic E-state index is 0.0390. The Hall–Kier alpha value is -2.34. The zero-order valence-corrected chi connectivity index (χ0v) is 13.8. The normalized spacial score (nSPS) is 16.3. The number of nitrogens with two attached hydrogens (primary N) is 1. The summed E-state index contributed by atoms with van der Waals surface area (Å²) in [5.74, 6) is -0.151. The molecule has 2 amide bonds. The Morgan fingerprint density at radius 2 is 2.00 bits per heavy atom. The molecule has 6 nitrogen and oxygen atoms in total. The maximum atomic E-state index is 12.3. The van der Waals surface area contributed by atoms with E-state index in [9.17, 15) is 9.59 Å². The highest BCUT2D eigenvalue weighted by atomic mass is 16.2. The highest BCUT2D eigenvalue weighted by Gasteiger charge is 2.25. The zero-order valence-electron chi connectivity index (χ0n) is 13.8. The zero-order chi connectivity index (χ0) is 16.9. The molecule has 6 heteroatoms. The molecule has 0 aliphatic carbocycles. The lowest BCUT2D eigenvalue weighted by molar-refractivity contribution is -0.126. The van der Waals surface area contributed by atoms with Crippen molar-refractivity contribution in [3.8, 4) is 0 Å². The minimum Gasteiger partial charge on any atom is -0.369 e. The van der Waals surface area contributed by atoms with Gasteiger partial charge in [0.2, 0.25) is 11.8 Å². The van der Waals surface area contributed by atoms with Crippen LogP contribution >= 0.6 is 0 Å². The van der Waals surface area contributed by atoms with E-state index in [1.807, 2.05) is 23.2 Å². The first-order valence-electron chi connectivity index (χ1n) is 8.47. The molecule has 3 rings (SSSR count). The lowest BCUT2D eigenvalue weighted by atomic mass is 9.96. The second kappa shape index (κ2) is 7.49. The molecule has 1 saturated heterocycles. The Labute approximate surface area is 141 Å². The fourth-order valence-electron chi connectivity index (χ4n) is 3.38. The predicted octanol–water partition coefficient (Wildman–Crippen LogP) is 1.02. The van der Waals surface area contributed by atoms with Gasteiger partial charge in [-0.2, -0.15) is 0 Å². The number of H-pyrrole nitrogens is 1. The summed E-state index contributed by atoms with van der Waals surface area (Å²) in [7, 11) is 0. The number of nitrogens with one attached hydrogen (secondary N) is 2. The van der Waals surface area contributed by atoms with Crippen LogP contribution < -0.4 is 11.1 Å². The molecular formula is C18H24N4O2. The standard InChI is InChI=1S/C18H24N4O2/c19-17(23)12-22-9-6-13(7-10-22)18(24)20-8-5-14-11-21-16-4-2-1-3-15(14)16/h1-4,11,13,21H,5-10,12H2,(H2,19,23)(H,20,24). The number of fused-ring (bicyclic) bond motifs is 1. The molecule has 1 fully saturated rings. The fraction of sp³-hybridized carbons (Fsp3) is 0.444. The molecule has 1 aliphatic rings. The van der Waals surface area contributed by atoms with Gasteiger partial charge in [0.25, 0.3) is 0 Å². The van der Waals surface area contributed by atoms with Gasteiger partial charge >= 0.3 is 0 Å². The summed E-state index contributed by atoms with van der Waals surface area (Å²) in [4.78, 5) is 28.5. The van der Waals surface area contributed by atoms with Crippen molar-refractivity contribution in [2.45, 2.75) is 19.3 Å². The first-order valence-corrected chi connectivity index (χ1v) is 8.47. The molecule has 2 aromatic rings. The lowest BCUT2D eigenvalue weighted by Gasteiger charge is -2.30. The number of hydrogen-bond acceptors (Lipinski definition) is 3. The molecular weight excluding hydrogens is 304 g/mol. The molecule has 1 aromatic carbocycles. The van der Waals surface area contributed by atoms with Crippen LogP contribution in [0.3, 0.4) is 0 Å². The topological polar surface area (TPSA) is 91.2 Å². The predicted molar refractivity (Wildman–Crippen MR) is 93.4 cm³/mol. The average Bonchev–Trinajstić information content (AvgIpc) is 2.98. The van der Waals surface area contributed by atoms with Crippen LogP contribution in [0.2, 0.25) is 0 Å². The second-order valence-electron chi connectivity index (χ2n) is 6.42. The van der Waals surface area contributed by atoms with Gasteiger partial charge in [0.1, 0.15) is 0 Å². The molecule has 4 N–H and O–H groups in total. The fourth-order valence-corrected chi connectivity index (χ4v) is 3.38. The monoisotopic (exact) mass is 328 g/mol. The third kappa shape index (κ3) is 3.94. The van der Waals surface area contributed by atoms with E-state index < -0.39 is 0 Å². The molecule has 0 saturated carbocycles. The molecule has 1 aliphatic heterocycles. The van der Waals surface area contributed by atoms with Gasteiger partial charge in [-0.25, -0.2) is 0 Å². The van der Waals surface area contributed by atoms with Crippen molar-refractivity contribution in [1.29, 1.82) is 0 Å². The van der Waals surface area contributed by atoms with E-state index in [-0.39, 0.29) is 24.3 Å². The third-order valence-corrected chi connectivity index (χ3v) is 4.71. The number of piperidine rings is 1. The molecule has 24 heavy (non-hydrogen) atoms. The van der Waals surface area contributed by atoms with Crippen LogP contribution in [-0.2, 0) is 16.0 Å². The summed E-state index contributed by atoms with van der Waals surface area (Å²) in [6.45, 7) is 2.43. The minimum atomic E-state index is -0.309. The van der Waals surface area contributed by atoms with Gasteiger partial charge in [0.05, 0.1) is 6.54 Å². The highest BCUT2D eigenvalue weighted by Crippen LogP contribution is 2.19. The number of hydrogen-bond donors (Lipinski definition) is 3. The quantitative estimate of drug-likeness (QED) is 0.739. The van der Waals surface area contributed by atoms with Crippen molar-refractivity contribution in [3.63, 3.8) is 0 Å². The SMILES string of the molecule is NC(=O)CN1CCC(C(=O)NCCc2c[nH]c3ccccc23)CC1. The molecule has 0 radical (unpaired) electrons. The van der Waals surface area contributed by atoms with E-state index in [2.05, 4.69) is 22.4 Å². The molecule has 2 heterocycles. The van der Waals surface area contributed by atoms with Crippen LogP contribution in [0.1, 0.15) is 18.4 Å². The summed E-state index contributed by atoms with van der Waals surface area (Å²) in [5.41, 5.74) is 7.56. The van der Waals surface area contributed by atoms with Crippen molar-refractivity contribution in [2.75, 3.05) is 26.2 Å². The molecule has 0 atom stereocenters. The summed E-state index contributed by atoms with van der Waals surface area (Å²) in [6.07, 6.45) is 4.40. The Bertz CT molecular complexity index is 717. The van der Waals surface area contributed by atoms with Crippen LogP contribution in [0.5, 0.6) is 0 Å². The molecule has 1 aromatic heterocycles. The smallest absolute Gasteiger partial charge is 0.231 e. The highest BCUT2D eigenvalue weighted by molar-refractivity contribution is 5.83. The van der Waals surface area contributed by atoms with Gasteiger partial charge in [0.15, 0.2) is 0 Å². The Morgan fingerprint density at radius 3 is 2.75 bits per heavy atom.